The number of hydrogen-bond donors (Lipinski definition) is 1. The van der Waals surface area contributed by atoms with E-state index in [2.05, 4.69) is 0 Å². The van der Waals surface area contributed by atoms with Crippen molar-refractivity contribution < 1.29 is 9.90 Å². The van der Waals surface area contributed by atoms with Gasteiger partial charge in [0.05, 0.1) is 5.41 Å². The van der Waals surface area contributed by atoms with Gasteiger partial charge in [0.2, 0.25) is 0 Å². The molecule has 0 aromatic heterocycles. The fourth-order valence-corrected chi connectivity index (χ4v) is 4.69. The maximum atomic E-state index is 11.4. The minimum atomic E-state index is -0.521. The number of hydrogen-bond acceptors (Lipinski definition) is 1. The molecule has 0 saturated heterocycles. The Balaban J connectivity index is 1.77. The highest BCUT2D eigenvalue weighted by molar-refractivity contribution is 5.75. The number of carbonyl (C=O) groups is 1. The van der Waals surface area contributed by atoms with Crippen LogP contribution < -0.4 is 0 Å². The molecule has 16 heavy (non-hydrogen) atoms. The summed E-state index contributed by atoms with van der Waals surface area (Å²) in [6, 6.07) is 0. The van der Waals surface area contributed by atoms with Gasteiger partial charge < -0.3 is 5.11 Å². The molecule has 4 rings (SSSR count). The molecule has 2 nitrogen and oxygen atoms in total. The van der Waals surface area contributed by atoms with Crippen molar-refractivity contribution in [3.8, 4) is 0 Å². The van der Waals surface area contributed by atoms with E-state index in [1.54, 1.807) is 0 Å². The summed E-state index contributed by atoms with van der Waals surface area (Å²) in [5.74, 6) is 0.409. The SMILES string of the molecule is O=C(O)C12CCC(C3CCCC3)(CC1)CC2. The third-order valence-electron chi connectivity index (χ3n) is 5.98. The van der Waals surface area contributed by atoms with Crippen LogP contribution in [0.25, 0.3) is 0 Å². The second-order valence-electron chi connectivity index (χ2n) is 6.43. The first-order valence-electron chi connectivity index (χ1n) is 6.90. The van der Waals surface area contributed by atoms with E-state index in [9.17, 15) is 9.90 Å². The highest BCUT2D eigenvalue weighted by atomic mass is 16.4. The van der Waals surface area contributed by atoms with Crippen molar-refractivity contribution in [2.75, 3.05) is 0 Å². The van der Waals surface area contributed by atoms with Crippen molar-refractivity contribution in [3.63, 3.8) is 0 Å². The van der Waals surface area contributed by atoms with Gasteiger partial charge in [0, 0.05) is 0 Å². The molecule has 0 heterocycles. The third-order valence-corrected chi connectivity index (χ3v) is 5.98. The van der Waals surface area contributed by atoms with Crippen molar-refractivity contribution in [2.45, 2.75) is 64.2 Å². The Hall–Kier alpha value is -0.530. The second kappa shape index (κ2) is 3.48. The van der Waals surface area contributed by atoms with Crippen LogP contribution in [0.1, 0.15) is 64.2 Å². The van der Waals surface area contributed by atoms with Gasteiger partial charge in [-0.15, -0.1) is 0 Å². The maximum Gasteiger partial charge on any atom is 0.309 e. The summed E-state index contributed by atoms with van der Waals surface area (Å²) in [5.41, 5.74) is 0.244. The van der Waals surface area contributed by atoms with Crippen molar-refractivity contribution in [2.24, 2.45) is 16.7 Å². The Morgan fingerprint density at radius 1 is 0.938 bits per heavy atom. The quantitative estimate of drug-likeness (QED) is 0.775. The predicted octanol–water partition coefficient (Wildman–Crippen LogP) is 3.60. The minimum Gasteiger partial charge on any atom is -0.481 e. The predicted molar refractivity (Wildman–Crippen MR) is 62.2 cm³/mol. The molecule has 4 aliphatic carbocycles. The van der Waals surface area contributed by atoms with Gasteiger partial charge in [0.1, 0.15) is 0 Å². The summed E-state index contributed by atoms with van der Waals surface area (Å²) in [7, 11) is 0. The van der Waals surface area contributed by atoms with E-state index in [0.717, 1.165) is 25.2 Å². The van der Waals surface area contributed by atoms with Gasteiger partial charge in [-0.3, -0.25) is 4.79 Å². The normalized spacial score (nSPS) is 43.8. The van der Waals surface area contributed by atoms with Crippen LogP contribution in [0.15, 0.2) is 0 Å². The van der Waals surface area contributed by atoms with E-state index in [1.807, 2.05) is 0 Å². The second-order valence-corrected chi connectivity index (χ2v) is 6.43. The largest absolute Gasteiger partial charge is 0.481 e. The standard InChI is InChI=1S/C14H22O2/c15-12(16)14-8-5-13(6-9-14,7-10-14)11-3-1-2-4-11/h11H,1-10H2,(H,15,16). The van der Waals surface area contributed by atoms with Crippen LogP contribution in [0.2, 0.25) is 0 Å². The molecule has 0 radical (unpaired) electrons. The van der Waals surface area contributed by atoms with Crippen LogP contribution in [0, 0.1) is 16.7 Å². The maximum absolute atomic E-state index is 11.4. The molecule has 0 amide bonds. The topological polar surface area (TPSA) is 37.3 Å². The Morgan fingerprint density at radius 3 is 1.88 bits per heavy atom. The molecule has 4 fully saturated rings. The summed E-state index contributed by atoms with van der Waals surface area (Å²) in [5, 5.41) is 9.36. The number of aliphatic carboxylic acids is 1. The smallest absolute Gasteiger partial charge is 0.309 e. The molecular formula is C14H22O2. The van der Waals surface area contributed by atoms with Gasteiger partial charge in [-0.1, -0.05) is 12.8 Å². The molecule has 2 bridgehead atoms. The van der Waals surface area contributed by atoms with E-state index in [1.165, 1.54) is 44.9 Å². The fraction of sp³-hybridized carbons (Fsp3) is 0.929. The number of fused-ring (bicyclic) bond motifs is 3. The molecule has 90 valence electrons. The molecule has 4 aliphatic rings. The lowest BCUT2D eigenvalue weighted by Crippen LogP contribution is -2.48. The highest BCUT2D eigenvalue weighted by Crippen LogP contribution is 2.62. The molecule has 0 unspecified atom stereocenters. The van der Waals surface area contributed by atoms with Gasteiger partial charge >= 0.3 is 5.97 Å². The molecule has 0 aliphatic heterocycles. The zero-order chi connectivity index (χ0) is 11.2. The lowest BCUT2D eigenvalue weighted by Gasteiger charge is -2.54. The lowest BCUT2D eigenvalue weighted by atomic mass is 9.50. The van der Waals surface area contributed by atoms with Crippen LogP contribution in [0.5, 0.6) is 0 Å². The summed E-state index contributed by atoms with van der Waals surface area (Å²) in [6.45, 7) is 0. The number of carboxylic acids is 1. The van der Waals surface area contributed by atoms with E-state index < -0.39 is 5.97 Å². The zero-order valence-electron chi connectivity index (χ0n) is 10.0. The van der Waals surface area contributed by atoms with E-state index in [-0.39, 0.29) is 5.41 Å². The first kappa shape index (κ1) is 10.6. The summed E-state index contributed by atoms with van der Waals surface area (Å²) < 4.78 is 0. The van der Waals surface area contributed by atoms with Crippen molar-refractivity contribution in [1.82, 2.24) is 0 Å². The van der Waals surface area contributed by atoms with E-state index in [0.29, 0.717) is 5.41 Å². The van der Waals surface area contributed by atoms with Crippen molar-refractivity contribution in [3.05, 3.63) is 0 Å². The average Bonchev–Trinajstić information content (AvgIpc) is 2.85. The Kier molecular flexibility index (Phi) is 2.31. The molecular weight excluding hydrogens is 200 g/mol. The Bertz CT molecular complexity index is 277. The van der Waals surface area contributed by atoms with Crippen molar-refractivity contribution >= 4 is 5.97 Å². The fourth-order valence-electron chi connectivity index (χ4n) is 4.69. The molecule has 0 aromatic rings. The van der Waals surface area contributed by atoms with Crippen LogP contribution in [0.3, 0.4) is 0 Å². The molecule has 0 atom stereocenters. The molecule has 1 N–H and O–H groups in total. The highest BCUT2D eigenvalue weighted by Gasteiger charge is 2.55. The zero-order valence-corrected chi connectivity index (χ0v) is 10.0. The summed E-state index contributed by atoms with van der Waals surface area (Å²) in [6.07, 6.45) is 12.1. The summed E-state index contributed by atoms with van der Waals surface area (Å²) >= 11 is 0. The monoisotopic (exact) mass is 222 g/mol. The van der Waals surface area contributed by atoms with Gasteiger partial charge in [-0.2, -0.15) is 0 Å². The number of carboxylic acid groups (broad SMARTS) is 1. The van der Waals surface area contributed by atoms with Crippen LogP contribution >= 0.6 is 0 Å². The number of rotatable bonds is 2. The molecule has 2 heteroatoms. The van der Waals surface area contributed by atoms with Crippen LogP contribution in [-0.2, 0) is 4.79 Å². The molecule has 0 aromatic carbocycles. The first-order valence-corrected chi connectivity index (χ1v) is 6.90. The van der Waals surface area contributed by atoms with Crippen LogP contribution in [-0.4, -0.2) is 11.1 Å². The van der Waals surface area contributed by atoms with Gasteiger partial charge in [-0.25, -0.2) is 0 Å². The third kappa shape index (κ3) is 1.34. The lowest BCUT2D eigenvalue weighted by molar-refractivity contribution is -0.161. The Morgan fingerprint density at radius 2 is 1.44 bits per heavy atom. The van der Waals surface area contributed by atoms with Gasteiger partial charge in [-0.05, 0) is 62.7 Å². The van der Waals surface area contributed by atoms with Gasteiger partial charge in [0.25, 0.3) is 0 Å². The summed E-state index contributed by atoms with van der Waals surface area (Å²) in [4.78, 5) is 11.4. The minimum absolute atomic E-state index is 0.319. The average molecular weight is 222 g/mol. The Labute approximate surface area is 97.4 Å². The molecule has 4 saturated carbocycles. The van der Waals surface area contributed by atoms with Gasteiger partial charge in [0.15, 0.2) is 0 Å². The van der Waals surface area contributed by atoms with E-state index >= 15 is 0 Å². The first-order chi connectivity index (χ1) is 7.67. The molecule has 0 spiro atoms. The van der Waals surface area contributed by atoms with Crippen LogP contribution in [0.4, 0.5) is 0 Å². The van der Waals surface area contributed by atoms with Crippen molar-refractivity contribution in [1.29, 1.82) is 0 Å². The van der Waals surface area contributed by atoms with E-state index in [4.69, 9.17) is 0 Å².